The van der Waals surface area contributed by atoms with Crippen molar-refractivity contribution in [3.05, 3.63) is 29.8 Å². The molecule has 0 aliphatic carbocycles. The van der Waals surface area contributed by atoms with Gasteiger partial charge in [0.25, 0.3) is 0 Å². The van der Waals surface area contributed by atoms with Crippen LogP contribution in [-0.2, 0) is 0 Å². The second kappa shape index (κ2) is 7.02. The van der Waals surface area contributed by atoms with Gasteiger partial charge in [0.2, 0.25) is 0 Å². The lowest BCUT2D eigenvalue weighted by Gasteiger charge is -2.42. The molecule has 1 aliphatic rings. The summed E-state index contributed by atoms with van der Waals surface area (Å²) in [6.07, 6.45) is 8.08. The van der Waals surface area contributed by atoms with Crippen LogP contribution >= 0.6 is 11.8 Å². The van der Waals surface area contributed by atoms with Crippen molar-refractivity contribution in [1.82, 2.24) is 0 Å². The van der Waals surface area contributed by atoms with E-state index in [1.165, 1.54) is 38.5 Å². The maximum atomic E-state index is 2.37. The number of thioether (sulfide) groups is 1. The molecule has 1 aromatic rings. The van der Waals surface area contributed by atoms with Gasteiger partial charge in [-0.05, 0) is 49.1 Å². The smallest absolute Gasteiger partial charge is 0.0213 e. The first-order valence-corrected chi connectivity index (χ1v) is 9.20. The minimum Gasteiger partial charge on any atom is -0.119 e. The molecule has 1 atom stereocenters. The van der Waals surface area contributed by atoms with Crippen molar-refractivity contribution in [3.63, 3.8) is 0 Å². The lowest BCUT2D eigenvalue weighted by Crippen LogP contribution is -2.31. The van der Waals surface area contributed by atoms with E-state index in [0.29, 0.717) is 4.75 Å². The Hall–Kier alpha value is -0.430. The Labute approximate surface area is 129 Å². The number of hydrogen-bond acceptors (Lipinski definition) is 1. The summed E-state index contributed by atoms with van der Waals surface area (Å²) in [5.74, 6) is 1.56. The Bertz CT molecular complexity index is 416. The molecule has 1 aliphatic heterocycles. The number of benzene rings is 1. The molecule has 0 spiro atoms. The van der Waals surface area contributed by atoms with Crippen LogP contribution in [0, 0.1) is 5.92 Å². The maximum absolute atomic E-state index is 2.37. The fourth-order valence-electron chi connectivity index (χ4n) is 3.87. The molecule has 2 rings (SSSR count). The molecule has 0 saturated carbocycles. The van der Waals surface area contributed by atoms with Crippen molar-refractivity contribution in [1.29, 1.82) is 0 Å². The summed E-state index contributed by atoms with van der Waals surface area (Å²) in [4.78, 5) is 1.56. The highest BCUT2D eigenvalue weighted by Crippen LogP contribution is 2.54. The Balaban J connectivity index is 2.32. The summed E-state index contributed by atoms with van der Waals surface area (Å²) in [6, 6.07) is 9.16. The normalized spacial score (nSPS) is 20.9. The van der Waals surface area contributed by atoms with Gasteiger partial charge in [-0.15, -0.1) is 11.8 Å². The van der Waals surface area contributed by atoms with Crippen LogP contribution in [0.4, 0.5) is 0 Å². The molecule has 0 N–H and O–H groups in total. The summed E-state index contributed by atoms with van der Waals surface area (Å²) in [6.45, 7) is 9.42. The Morgan fingerprint density at radius 2 is 1.80 bits per heavy atom. The topological polar surface area (TPSA) is 0 Å². The third kappa shape index (κ3) is 3.61. The van der Waals surface area contributed by atoms with E-state index in [0.717, 1.165) is 11.8 Å². The highest BCUT2D eigenvalue weighted by molar-refractivity contribution is 8.00. The zero-order valence-electron chi connectivity index (χ0n) is 13.6. The molecule has 1 heteroatoms. The van der Waals surface area contributed by atoms with E-state index in [1.54, 1.807) is 10.5 Å². The fourth-order valence-corrected chi connectivity index (χ4v) is 5.73. The van der Waals surface area contributed by atoms with Crippen molar-refractivity contribution < 1.29 is 0 Å². The molecule has 0 amide bonds. The van der Waals surface area contributed by atoms with E-state index < -0.39 is 0 Å². The second-order valence-electron chi connectivity index (χ2n) is 6.85. The van der Waals surface area contributed by atoms with Crippen LogP contribution in [0.2, 0.25) is 0 Å². The number of rotatable bonds is 6. The van der Waals surface area contributed by atoms with Crippen molar-refractivity contribution in [2.45, 2.75) is 81.8 Å². The molecular formula is C19H30S. The van der Waals surface area contributed by atoms with Crippen LogP contribution in [0.25, 0.3) is 0 Å². The van der Waals surface area contributed by atoms with E-state index in [4.69, 9.17) is 0 Å². The SMILES string of the molecule is CCCC1(CCC)CC(CC(C)C)c2ccccc2S1. The highest BCUT2D eigenvalue weighted by atomic mass is 32.2. The first kappa shape index (κ1) is 15.9. The molecule has 112 valence electrons. The zero-order valence-corrected chi connectivity index (χ0v) is 14.4. The molecule has 0 saturated heterocycles. The monoisotopic (exact) mass is 290 g/mol. The third-order valence-corrected chi connectivity index (χ3v) is 6.07. The van der Waals surface area contributed by atoms with Gasteiger partial charge < -0.3 is 0 Å². The average Bonchev–Trinajstić information content (AvgIpc) is 2.38. The minimum absolute atomic E-state index is 0.497. The molecule has 0 fully saturated rings. The third-order valence-electron chi connectivity index (χ3n) is 4.47. The predicted octanol–water partition coefficient (Wildman–Crippen LogP) is 6.65. The van der Waals surface area contributed by atoms with Gasteiger partial charge in [-0.1, -0.05) is 58.7 Å². The van der Waals surface area contributed by atoms with E-state index in [-0.39, 0.29) is 0 Å². The van der Waals surface area contributed by atoms with Gasteiger partial charge in [-0.2, -0.15) is 0 Å². The first-order valence-electron chi connectivity index (χ1n) is 8.38. The molecule has 20 heavy (non-hydrogen) atoms. The van der Waals surface area contributed by atoms with Crippen LogP contribution in [0.1, 0.15) is 77.7 Å². The molecule has 0 radical (unpaired) electrons. The molecular weight excluding hydrogens is 260 g/mol. The van der Waals surface area contributed by atoms with E-state index in [2.05, 4.69) is 63.7 Å². The van der Waals surface area contributed by atoms with E-state index in [9.17, 15) is 0 Å². The Kier molecular flexibility index (Phi) is 5.60. The van der Waals surface area contributed by atoms with Crippen molar-refractivity contribution in [2.24, 2.45) is 5.92 Å². The number of fused-ring (bicyclic) bond motifs is 1. The Morgan fingerprint density at radius 3 is 2.40 bits per heavy atom. The van der Waals surface area contributed by atoms with Gasteiger partial charge in [-0.25, -0.2) is 0 Å². The molecule has 0 nitrogen and oxygen atoms in total. The van der Waals surface area contributed by atoms with Crippen LogP contribution in [0.3, 0.4) is 0 Å². The van der Waals surface area contributed by atoms with Gasteiger partial charge in [0.15, 0.2) is 0 Å². The highest BCUT2D eigenvalue weighted by Gasteiger charge is 2.38. The zero-order chi connectivity index (χ0) is 14.6. The van der Waals surface area contributed by atoms with Crippen LogP contribution in [-0.4, -0.2) is 4.75 Å². The van der Waals surface area contributed by atoms with Crippen LogP contribution in [0.5, 0.6) is 0 Å². The second-order valence-corrected chi connectivity index (χ2v) is 8.36. The van der Waals surface area contributed by atoms with Gasteiger partial charge in [0.1, 0.15) is 0 Å². The standard InChI is InChI=1S/C19H30S/c1-5-11-19(12-6-2)14-16(13-15(3)4)17-9-7-8-10-18(17)20-19/h7-10,15-16H,5-6,11-14H2,1-4H3. The summed E-state index contributed by atoms with van der Waals surface area (Å²) in [5, 5.41) is 0. The molecule has 0 bridgehead atoms. The van der Waals surface area contributed by atoms with Crippen LogP contribution < -0.4 is 0 Å². The predicted molar refractivity (Wildman–Crippen MR) is 91.7 cm³/mol. The van der Waals surface area contributed by atoms with E-state index in [1.807, 2.05) is 0 Å². The maximum Gasteiger partial charge on any atom is 0.0213 e. The van der Waals surface area contributed by atoms with E-state index >= 15 is 0 Å². The summed E-state index contributed by atoms with van der Waals surface area (Å²) in [5.41, 5.74) is 1.62. The summed E-state index contributed by atoms with van der Waals surface area (Å²) < 4.78 is 0.497. The van der Waals surface area contributed by atoms with Crippen molar-refractivity contribution in [2.75, 3.05) is 0 Å². The molecule has 1 unspecified atom stereocenters. The lowest BCUT2D eigenvalue weighted by atomic mass is 9.79. The van der Waals surface area contributed by atoms with Gasteiger partial charge in [0, 0.05) is 9.64 Å². The van der Waals surface area contributed by atoms with Crippen molar-refractivity contribution >= 4 is 11.8 Å². The number of hydrogen-bond donors (Lipinski definition) is 0. The summed E-state index contributed by atoms with van der Waals surface area (Å²) >= 11 is 2.18. The van der Waals surface area contributed by atoms with Gasteiger partial charge >= 0.3 is 0 Å². The van der Waals surface area contributed by atoms with Crippen LogP contribution in [0.15, 0.2) is 29.2 Å². The quantitative estimate of drug-likeness (QED) is 0.565. The van der Waals surface area contributed by atoms with Gasteiger partial charge in [0.05, 0.1) is 0 Å². The fraction of sp³-hybridized carbons (Fsp3) is 0.684. The molecule has 1 aromatic carbocycles. The summed E-state index contributed by atoms with van der Waals surface area (Å²) in [7, 11) is 0. The minimum atomic E-state index is 0.497. The lowest BCUT2D eigenvalue weighted by molar-refractivity contribution is 0.370. The Morgan fingerprint density at radius 1 is 1.15 bits per heavy atom. The average molecular weight is 291 g/mol. The largest absolute Gasteiger partial charge is 0.119 e. The van der Waals surface area contributed by atoms with Crippen molar-refractivity contribution in [3.8, 4) is 0 Å². The first-order chi connectivity index (χ1) is 9.60. The van der Waals surface area contributed by atoms with Gasteiger partial charge in [-0.3, -0.25) is 0 Å². The molecule has 0 aromatic heterocycles. The molecule has 1 heterocycles.